The summed E-state index contributed by atoms with van der Waals surface area (Å²) in [6, 6.07) is 10.4. The van der Waals surface area contributed by atoms with Crippen LogP contribution < -0.4 is 0 Å². The molecule has 1 aliphatic rings. The maximum Gasteiger partial charge on any atom is 0.129 e. The van der Waals surface area contributed by atoms with Gasteiger partial charge < -0.3 is 14.3 Å². The lowest BCUT2D eigenvalue weighted by molar-refractivity contribution is -0.00308. The normalized spacial score (nSPS) is 17.7. The van der Waals surface area contributed by atoms with Crippen LogP contribution in [0.2, 0.25) is 0 Å². The first-order valence-corrected chi connectivity index (χ1v) is 8.66. The molecule has 1 aliphatic heterocycles. The zero-order chi connectivity index (χ0) is 17.5. The van der Waals surface area contributed by atoms with E-state index in [4.69, 9.17) is 9.15 Å². The van der Waals surface area contributed by atoms with Crippen LogP contribution in [-0.4, -0.2) is 60.3 Å². The summed E-state index contributed by atoms with van der Waals surface area (Å²) in [7, 11) is 0. The summed E-state index contributed by atoms with van der Waals surface area (Å²) in [5.74, 6) is 0.568. The molecule has 1 aromatic heterocycles. The van der Waals surface area contributed by atoms with Crippen molar-refractivity contribution in [2.45, 2.75) is 19.3 Å². The molecule has 1 atom stereocenters. The minimum atomic E-state index is -0.501. The van der Waals surface area contributed by atoms with E-state index in [0.29, 0.717) is 19.8 Å². The molecule has 25 heavy (non-hydrogen) atoms. The Balaban J connectivity index is 1.32. The second-order valence-corrected chi connectivity index (χ2v) is 6.45. The van der Waals surface area contributed by atoms with E-state index in [2.05, 4.69) is 9.80 Å². The van der Waals surface area contributed by atoms with Crippen LogP contribution in [-0.2, 0) is 17.9 Å². The Morgan fingerprint density at radius 3 is 2.48 bits per heavy atom. The van der Waals surface area contributed by atoms with Crippen molar-refractivity contribution in [1.29, 1.82) is 0 Å². The van der Waals surface area contributed by atoms with Crippen LogP contribution in [0.25, 0.3) is 0 Å². The molecule has 2 aromatic rings. The topological polar surface area (TPSA) is 49.1 Å². The van der Waals surface area contributed by atoms with Crippen molar-refractivity contribution in [3.63, 3.8) is 0 Å². The number of ether oxygens (including phenoxy) is 1. The zero-order valence-corrected chi connectivity index (χ0v) is 14.3. The maximum absolute atomic E-state index is 12.9. The van der Waals surface area contributed by atoms with Crippen molar-refractivity contribution < 1.29 is 18.7 Å². The highest BCUT2D eigenvalue weighted by atomic mass is 19.1. The van der Waals surface area contributed by atoms with E-state index in [-0.39, 0.29) is 5.82 Å². The second-order valence-electron chi connectivity index (χ2n) is 6.45. The number of benzene rings is 1. The molecule has 3 rings (SSSR count). The highest BCUT2D eigenvalue weighted by Crippen LogP contribution is 2.10. The molecular formula is C19H25FN2O3. The lowest BCUT2D eigenvalue weighted by atomic mass is 10.2. The fourth-order valence-electron chi connectivity index (χ4n) is 3.02. The largest absolute Gasteiger partial charge is 0.467 e. The summed E-state index contributed by atoms with van der Waals surface area (Å²) in [5.41, 5.74) is 1.13. The van der Waals surface area contributed by atoms with E-state index in [0.717, 1.165) is 44.0 Å². The number of aliphatic hydroxyl groups is 1. The Morgan fingerprint density at radius 2 is 1.80 bits per heavy atom. The first-order valence-electron chi connectivity index (χ1n) is 8.66. The molecule has 0 aliphatic carbocycles. The van der Waals surface area contributed by atoms with Crippen LogP contribution >= 0.6 is 0 Å². The summed E-state index contributed by atoms with van der Waals surface area (Å²) >= 11 is 0. The first-order chi connectivity index (χ1) is 12.2. The summed E-state index contributed by atoms with van der Waals surface area (Å²) < 4.78 is 23.6. The lowest BCUT2D eigenvalue weighted by Crippen LogP contribution is -2.48. The van der Waals surface area contributed by atoms with Crippen molar-refractivity contribution in [2.24, 2.45) is 0 Å². The fourth-order valence-corrected chi connectivity index (χ4v) is 3.02. The van der Waals surface area contributed by atoms with Gasteiger partial charge in [-0.3, -0.25) is 9.80 Å². The number of β-amino-alcohol motifs (C(OH)–C–C–N with tert-alkyl or cyclic N) is 1. The van der Waals surface area contributed by atoms with Gasteiger partial charge in [0.1, 0.15) is 18.2 Å². The van der Waals surface area contributed by atoms with Gasteiger partial charge in [-0.2, -0.15) is 0 Å². The Hall–Kier alpha value is -1.73. The van der Waals surface area contributed by atoms with Gasteiger partial charge in [0.2, 0.25) is 0 Å². The van der Waals surface area contributed by atoms with Crippen LogP contribution in [0.15, 0.2) is 47.1 Å². The highest BCUT2D eigenvalue weighted by Gasteiger charge is 2.19. The van der Waals surface area contributed by atoms with Crippen molar-refractivity contribution in [1.82, 2.24) is 9.80 Å². The zero-order valence-electron chi connectivity index (χ0n) is 14.3. The van der Waals surface area contributed by atoms with Crippen LogP contribution in [0.3, 0.4) is 0 Å². The third-order valence-electron chi connectivity index (χ3n) is 4.39. The molecule has 6 heteroatoms. The molecule has 0 saturated carbocycles. The van der Waals surface area contributed by atoms with Crippen LogP contribution in [0.4, 0.5) is 4.39 Å². The van der Waals surface area contributed by atoms with Gasteiger partial charge in [-0.05, 0) is 29.8 Å². The molecule has 1 saturated heterocycles. The van der Waals surface area contributed by atoms with Crippen molar-refractivity contribution in [2.75, 3.05) is 39.3 Å². The van der Waals surface area contributed by atoms with E-state index in [1.54, 1.807) is 6.26 Å². The van der Waals surface area contributed by atoms with Gasteiger partial charge in [-0.15, -0.1) is 0 Å². The van der Waals surface area contributed by atoms with Crippen molar-refractivity contribution >= 4 is 0 Å². The highest BCUT2D eigenvalue weighted by molar-refractivity contribution is 5.15. The average molecular weight is 348 g/mol. The predicted molar refractivity (Wildman–Crippen MR) is 92.5 cm³/mol. The summed E-state index contributed by atoms with van der Waals surface area (Å²) in [6.07, 6.45) is 1.11. The third kappa shape index (κ3) is 5.93. The van der Waals surface area contributed by atoms with Crippen LogP contribution in [0.1, 0.15) is 11.3 Å². The Bertz CT molecular complexity index is 610. The lowest BCUT2D eigenvalue weighted by Gasteiger charge is -2.35. The Kier molecular flexibility index (Phi) is 6.58. The predicted octanol–water partition coefficient (Wildman–Crippen LogP) is 2.11. The van der Waals surface area contributed by atoms with Crippen molar-refractivity contribution in [3.05, 3.63) is 59.8 Å². The number of hydrogen-bond acceptors (Lipinski definition) is 5. The number of rotatable bonds is 8. The third-order valence-corrected chi connectivity index (χ3v) is 4.39. The molecule has 2 heterocycles. The molecule has 5 nitrogen and oxygen atoms in total. The van der Waals surface area contributed by atoms with E-state index in [9.17, 15) is 9.50 Å². The molecule has 0 radical (unpaired) electrons. The number of piperazine rings is 1. The molecule has 1 unspecified atom stereocenters. The fraction of sp³-hybridized carbons (Fsp3) is 0.474. The van der Waals surface area contributed by atoms with Gasteiger partial charge in [-0.1, -0.05) is 12.1 Å². The molecule has 1 fully saturated rings. The SMILES string of the molecule is OC(COCc1ccco1)CN1CCN(Cc2ccc(F)cc2)CC1. The number of halogens is 1. The van der Waals surface area contributed by atoms with Gasteiger partial charge in [0.15, 0.2) is 0 Å². The van der Waals surface area contributed by atoms with E-state index in [1.165, 1.54) is 12.1 Å². The molecule has 1 N–H and O–H groups in total. The monoisotopic (exact) mass is 348 g/mol. The summed E-state index contributed by atoms with van der Waals surface area (Å²) in [4.78, 5) is 4.60. The molecule has 136 valence electrons. The van der Waals surface area contributed by atoms with Gasteiger partial charge in [0.05, 0.1) is 19.0 Å². The van der Waals surface area contributed by atoms with Gasteiger partial charge in [-0.25, -0.2) is 4.39 Å². The molecule has 1 aromatic carbocycles. The van der Waals surface area contributed by atoms with E-state index in [1.807, 2.05) is 24.3 Å². The minimum Gasteiger partial charge on any atom is -0.467 e. The van der Waals surface area contributed by atoms with E-state index >= 15 is 0 Å². The molecular weight excluding hydrogens is 323 g/mol. The van der Waals surface area contributed by atoms with Crippen LogP contribution in [0, 0.1) is 5.82 Å². The number of furan rings is 1. The average Bonchev–Trinajstić information content (AvgIpc) is 3.12. The summed E-state index contributed by atoms with van der Waals surface area (Å²) in [6.45, 7) is 5.85. The first kappa shape index (κ1) is 18.1. The van der Waals surface area contributed by atoms with Crippen LogP contribution in [0.5, 0.6) is 0 Å². The number of nitrogens with zero attached hydrogens (tertiary/aromatic N) is 2. The van der Waals surface area contributed by atoms with Crippen molar-refractivity contribution in [3.8, 4) is 0 Å². The Morgan fingerprint density at radius 1 is 1.08 bits per heavy atom. The minimum absolute atomic E-state index is 0.197. The van der Waals surface area contributed by atoms with Gasteiger partial charge >= 0.3 is 0 Å². The van der Waals surface area contributed by atoms with E-state index < -0.39 is 6.10 Å². The molecule has 0 amide bonds. The maximum atomic E-state index is 12.9. The Labute approximate surface area is 147 Å². The quantitative estimate of drug-likeness (QED) is 0.792. The molecule has 0 bridgehead atoms. The van der Waals surface area contributed by atoms with Gasteiger partial charge in [0.25, 0.3) is 0 Å². The standard InChI is InChI=1S/C19H25FN2O3/c20-17-5-3-16(4-6-17)12-21-7-9-22(10-8-21)13-18(23)14-24-15-19-2-1-11-25-19/h1-6,11,18,23H,7-10,12-15H2. The summed E-state index contributed by atoms with van der Waals surface area (Å²) in [5, 5.41) is 10.1. The second kappa shape index (κ2) is 9.10. The molecule has 0 spiro atoms. The number of hydrogen-bond donors (Lipinski definition) is 1. The van der Waals surface area contributed by atoms with Gasteiger partial charge in [0, 0.05) is 39.3 Å². The number of aliphatic hydroxyl groups excluding tert-OH is 1. The smallest absolute Gasteiger partial charge is 0.129 e.